The summed E-state index contributed by atoms with van der Waals surface area (Å²) in [6, 6.07) is 8.54. The second-order valence-corrected chi connectivity index (χ2v) is 4.61. The molecule has 0 aliphatic rings. The lowest BCUT2D eigenvalue weighted by atomic mass is 10.0. The number of hydrogen-bond acceptors (Lipinski definition) is 0. The Bertz CT molecular complexity index is 429. The maximum Gasteiger partial charge on any atom is 0.0640 e. The lowest BCUT2D eigenvalue weighted by Crippen LogP contribution is -1.82. The fourth-order valence-corrected chi connectivity index (χ4v) is 2.35. The van der Waals surface area contributed by atoms with Crippen LogP contribution in [0.2, 0.25) is 0 Å². The standard InChI is InChI=1S/C11H12IN/c1-8(2)10-7-13(12)11-6-4-3-5-9(10)11/h3-8H,1-2H3. The molecule has 68 valence electrons. The van der Waals surface area contributed by atoms with Crippen molar-refractivity contribution in [2.75, 3.05) is 0 Å². The molecular formula is C11H12IN. The fraction of sp³-hybridized carbons (Fsp3) is 0.273. The summed E-state index contributed by atoms with van der Waals surface area (Å²) in [6.07, 6.45) is 2.22. The number of aromatic nitrogens is 1. The van der Waals surface area contributed by atoms with Gasteiger partial charge in [0.25, 0.3) is 0 Å². The van der Waals surface area contributed by atoms with Crippen LogP contribution in [0.3, 0.4) is 0 Å². The molecule has 0 saturated carbocycles. The minimum atomic E-state index is 0.598. The van der Waals surface area contributed by atoms with E-state index in [0.29, 0.717) is 5.92 Å². The zero-order valence-corrected chi connectivity index (χ0v) is 9.95. The van der Waals surface area contributed by atoms with Crippen LogP contribution in [-0.4, -0.2) is 2.78 Å². The van der Waals surface area contributed by atoms with Gasteiger partial charge >= 0.3 is 0 Å². The minimum Gasteiger partial charge on any atom is -0.289 e. The number of rotatable bonds is 1. The molecule has 2 rings (SSSR count). The molecule has 0 aliphatic carbocycles. The highest BCUT2D eigenvalue weighted by Crippen LogP contribution is 2.28. The Balaban J connectivity index is 2.78. The van der Waals surface area contributed by atoms with Gasteiger partial charge in [0.2, 0.25) is 0 Å². The van der Waals surface area contributed by atoms with Crippen molar-refractivity contribution in [2.24, 2.45) is 0 Å². The van der Waals surface area contributed by atoms with Crippen LogP contribution in [0, 0.1) is 0 Å². The molecule has 2 aromatic rings. The second-order valence-electron chi connectivity index (χ2n) is 3.57. The predicted octanol–water partition coefficient (Wildman–Crippen LogP) is 3.96. The van der Waals surface area contributed by atoms with Gasteiger partial charge in [-0.2, -0.15) is 0 Å². The molecule has 1 aromatic heterocycles. The summed E-state index contributed by atoms with van der Waals surface area (Å²) in [4.78, 5) is 0. The van der Waals surface area contributed by atoms with Crippen LogP contribution in [0.1, 0.15) is 25.3 Å². The lowest BCUT2D eigenvalue weighted by molar-refractivity contribution is 0.875. The van der Waals surface area contributed by atoms with E-state index in [1.54, 1.807) is 0 Å². The summed E-state index contributed by atoms with van der Waals surface area (Å²) in [5, 5.41) is 1.38. The van der Waals surface area contributed by atoms with E-state index in [2.05, 4.69) is 70.0 Å². The third-order valence-electron chi connectivity index (χ3n) is 2.32. The number of hydrogen-bond donors (Lipinski definition) is 0. The van der Waals surface area contributed by atoms with Crippen molar-refractivity contribution in [3.8, 4) is 0 Å². The number of para-hydroxylation sites is 1. The summed E-state index contributed by atoms with van der Waals surface area (Å²) in [7, 11) is 0. The first-order chi connectivity index (χ1) is 6.20. The van der Waals surface area contributed by atoms with Gasteiger partial charge < -0.3 is 0 Å². The second kappa shape index (κ2) is 3.33. The highest BCUT2D eigenvalue weighted by atomic mass is 127. The molecule has 1 heterocycles. The molecule has 0 N–H and O–H groups in total. The normalized spacial score (nSPS) is 11.4. The summed E-state index contributed by atoms with van der Waals surface area (Å²) in [5.41, 5.74) is 2.75. The number of fused-ring (bicyclic) bond motifs is 1. The van der Waals surface area contributed by atoms with Gasteiger partial charge in [0, 0.05) is 11.6 Å². The van der Waals surface area contributed by atoms with Gasteiger partial charge in [-0.15, -0.1) is 0 Å². The first-order valence-corrected chi connectivity index (χ1v) is 5.43. The van der Waals surface area contributed by atoms with Gasteiger partial charge in [-0.05, 0) is 17.5 Å². The molecule has 2 heteroatoms. The predicted molar refractivity (Wildman–Crippen MR) is 65.4 cm³/mol. The van der Waals surface area contributed by atoms with Crippen molar-refractivity contribution >= 4 is 33.8 Å². The first-order valence-electron chi connectivity index (χ1n) is 4.46. The van der Waals surface area contributed by atoms with Crippen molar-refractivity contribution < 1.29 is 0 Å². The van der Waals surface area contributed by atoms with Gasteiger partial charge in [-0.3, -0.25) is 2.78 Å². The topological polar surface area (TPSA) is 4.93 Å². The van der Waals surface area contributed by atoms with E-state index < -0.39 is 0 Å². The highest BCUT2D eigenvalue weighted by Gasteiger charge is 2.08. The monoisotopic (exact) mass is 285 g/mol. The zero-order valence-electron chi connectivity index (χ0n) is 7.79. The maximum absolute atomic E-state index is 2.33. The lowest BCUT2D eigenvalue weighted by Gasteiger charge is -2.00. The van der Waals surface area contributed by atoms with Crippen LogP contribution in [0.4, 0.5) is 0 Å². The van der Waals surface area contributed by atoms with Crippen molar-refractivity contribution in [1.29, 1.82) is 0 Å². The number of benzene rings is 1. The summed E-state index contributed by atoms with van der Waals surface area (Å²) < 4.78 is 2.17. The third kappa shape index (κ3) is 1.47. The molecule has 0 amide bonds. The molecule has 0 spiro atoms. The van der Waals surface area contributed by atoms with Gasteiger partial charge in [-0.25, -0.2) is 0 Å². The molecular weight excluding hydrogens is 273 g/mol. The third-order valence-corrected chi connectivity index (χ3v) is 3.12. The van der Waals surface area contributed by atoms with E-state index in [0.717, 1.165) is 0 Å². The molecule has 0 atom stereocenters. The van der Waals surface area contributed by atoms with E-state index in [-0.39, 0.29) is 0 Å². The quantitative estimate of drug-likeness (QED) is 0.699. The summed E-state index contributed by atoms with van der Waals surface area (Å²) >= 11 is 2.33. The largest absolute Gasteiger partial charge is 0.289 e. The average Bonchev–Trinajstić information content (AvgIpc) is 2.45. The number of halogens is 1. The Kier molecular flexibility index (Phi) is 2.32. The molecule has 1 nitrogen and oxygen atoms in total. The van der Waals surface area contributed by atoms with Crippen LogP contribution in [0.25, 0.3) is 10.9 Å². The van der Waals surface area contributed by atoms with Crippen LogP contribution in [0.5, 0.6) is 0 Å². The minimum absolute atomic E-state index is 0.598. The van der Waals surface area contributed by atoms with E-state index in [1.807, 2.05) is 0 Å². The molecule has 0 radical (unpaired) electrons. The molecule has 0 fully saturated rings. The van der Waals surface area contributed by atoms with Crippen molar-refractivity contribution in [3.63, 3.8) is 0 Å². The van der Waals surface area contributed by atoms with Gasteiger partial charge in [-0.1, -0.05) is 32.0 Å². The fourth-order valence-electron chi connectivity index (χ4n) is 1.63. The SMILES string of the molecule is CC(C)c1cn(I)c2ccccc12. The molecule has 0 unspecified atom stereocenters. The van der Waals surface area contributed by atoms with Crippen molar-refractivity contribution in [2.45, 2.75) is 19.8 Å². The van der Waals surface area contributed by atoms with Crippen LogP contribution in [-0.2, 0) is 0 Å². The number of nitrogens with zero attached hydrogens (tertiary/aromatic N) is 1. The Hall–Kier alpha value is -0.510. The first kappa shape index (κ1) is 9.06. The summed E-state index contributed by atoms with van der Waals surface area (Å²) in [5.74, 6) is 0.598. The Morgan fingerprint density at radius 3 is 2.62 bits per heavy atom. The highest BCUT2D eigenvalue weighted by molar-refractivity contribution is 14.1. The van der Waals surface area contributed by atoms with Crippen LogP contribution < -0.4 is 0 Å². The smallest absolute Gasteiger partial charge is 0.0640 e. The van der Waals surface area contributed by atoms with Gasteiger partial charge in [0.15, 0.2) is 0 Å². The van der Waals surface area contributed by atoms with Crippen molar-refractivity contribution in [1.82, 2.24) is 2.78 Å². The van der Waals surface area contributed by atoms with Gasteiger partial charge in [0.1, 0.15) is 0 Å². The van der Waals surface area contributed by atoms with E-state index in [4.69, 9.17) is 0 Å². The van der Waals surface area contributed by atoms with E-state index in [9.17, 15) is 0 Å². The van der Waals surface area contributed by atoms with Gasteiger partial charge in [0.05, 0.1) is 28.4 Å². The van der Waals surface area contributed by atoms with E-state index in [1.165, 1.54) is 16.5 Å². The van der Waals surface area contributed by atoms with E-state index >= 15 is 0 Å². The molecule has 0 saturated heterocycles. The average molecular weight is 285 g/mol. The molecule has 13 heavy (non-hydrogen) atoms. The summed E-state index contributed by atoms with van der Waals surface area (Å²) in [6.45, 7) is 4.47. The zero-order chi connectivity index (χ0) is 9.42. The van der Waals surface area contributed by atoms with Crippen LogP contribution >= 0.6 is 22.9 Å². The molecule has 0 aliphatic heterocycles. The van der Waals surface area contributed by atoms with Crippen molar-refractivity contribution in [3.05, 3.63) is 36.0 Å². The molecule has 1 aromatic carbocycles. The maximum atomic E-state index is 2.33. The Labute approximate surface area is 92.2 Å². The Morgan fingerprint density at radius 1 is 1.23 bits per heavy atom. The molecule has 0 bridgehead atoms. The Morgan fingerprint density at radius 2 is 1.92 bits per heavy atom. The van der Waals surface area contributed by atoms with Crippen LogP contribution in [0.15, 0.2) is 30.5 Å².